The van der Waals surface area contributed by atoms with E-state index < -0.39 is 6.04 Å². The first kappa shape index (κ1) is 10.9. The zero-order valence-corrected chi connectivity index (χ0v) is 6.73. The summed E-state index contributed by atoms with van der Waals surface area (Å²) in [4.78, 5) is 13.9. The Morgan fingerprint density at radius 3 is 2.75 bits per heavy atom. The Kier molecular flexibility index (Phi) is 5.94. The van der Waals surface area contributed by atoms with E-state index in [1.54, 1.807) is 0 Å². The van der Waals surface area contributed by atoms with Crippen molar-refractivity contribution >= 4 is 12.2 Å². The molecule has 0 aliphatic heterocycles. The van der Waals surface area contributed by atoms with Gasteiger partial charge in [-0.1, -0.05) is 0 Å². The predicted octanol–water partition coefficient (Wildman–Crippen LogP) is -1.41. The lowest BCUT2D eigenvalue weighted by Gasteiger charge is -2.04. The monoisotopic (exact) mass is 174 g/mol. The summed E-state index contributed by atoms with van der Waals surface area (Å²) in [6.45, 7) is 0.467. The lowest BCUT2D eigenvalue weighted by atomic mass is 10.2. The maximum absolute atomic E-state index is 10.2. The number of carbonyl (C=O) groups excluding carboxylic acids is 1. The number of hydrogen-bond acceptors (Lipinski definition) is 4. The van der Waals surface area contributed by atoms with Crippen molar-refractivity contribution in [1.82, 2.24) is 5.48 Å². The van der Waals surface area contributed by atoms with Crippen LogP contribution in [0.1, 0.15) is 12.8 Å². The summed E-state index contributed by atoms with van der Waals surface area (Å²) in [7, 11) is 0. The quantitative estimate of drug-likeness (QED) is 0.130. The van der Waals surface area contributed by atoms with Gasteiger partial charge in [0.1, 0.15) is 6.29 Å². The van der Waals surface area contributed by atoms with Crippen molar-refractivity contribution in [1.29, 1.82) is 0 Å². The van der Waals surface area contributed by atoms with E-state index in [1.165, 1.54) is 0 Å². The number of hydroxylamine groups is 1. The molecule has 6 heteroatoms. The van der Waals surface area contributed by atoms with Crippen molar-refractivity contribution in [3.05, 3.63) is 0 Å². The van der Waals surface area contributed by atoms with E-state index in [0.717, 1.165) is 0 Å². The zero-order chi connectivity index (χ0) is 9.40. The van der Waals surface area contributed by atoms with E-state index in [0.29, 0.717) is 25.7 Å². The molecular formula is C6H14N4O2. The lowest BCUT2D eigenvalue weighted by molar-refractivity contribution is -0.112. The molecule has 0 spiro atoms. The normalized spacial score (nSPS) is 12.1. The van der Waals surface area contributed by atoms with Gasteiger partial charge in [0.15, 0.2) is 5.96 Å². The van der Waals surface area contributed by atoms with Crippen LogP contribution in [-0.4, -0.2) is 30.0 Å². The van der Waals surface area contributed by atoms with Crippen molar-refractivity contribution in [2.75, 3.05) is 6.54 Å². The molecular weight excluding hydrogens is 160 g/mol. The summed E-state index contributed by atoms with van der Waals surface area (Å²) in [5.41, 5.74) is 12.0. The summed E-state index contributed by atoms with van der Waals surface area (Å²) in [6.07, 6.45) is 1.79. The fraction of sp³-hybridized carbons (Fsp3) is 0.667. The van der Waals surface area contributed by atoms with E-state index in [9.17, 15) is 4.79 Å². The third kappa shape index (κ3) is 5.63. The SMILES string of the molecule is NC(N)=NCCC[C@@H](C=O)NO. The van der Waals surface area contributed by atoms with Crippen LogP contribution in [0.4, 0.5) is 0 Å². The first-order valence-corrected chi connectivity index (χ1v) is 3.61. The van der Waals surface area contributed by atoms with Gasteiger partial charge in [0.25, 0.3) is 0 Å². The second kappa shape index (κ2) is 6.56. The minimum atomic E-state index is -0.529. The molecule has 0 fully saturated rings. The van der Waals surface area contributed by atoms with Gasteiger partial charge in [-0.15, -0.1) is 0 Å². The van der Waals surface area contributed by atoms with Crippen LogP contribution in [0.2, 0.25) is 0 Å². The van der Waals surface area contributed by atoms with Crippen molar-refractivity contribution in [2.45, 2.75) is 18.9 Å². The molecule has 0 amide bonds. The fourth-order valence-corrected chi connectivity index (χ4v) is 0.682. The van der Waals surface area contributed by atoms with E-state index in [4.69, 9.17) is 16.7 Å². The number of guanidine groups is 1. The van der Waals surface area contributed by atoms with E-state index in [1.807, 2.05) is 5.48 Å². The van der Waals surface area contributed by atoms with Crippen LogP contribution < -0.4 is 16.9 Å². The molecule has 12 heavy (non-hydrogen) atoms. The highest BCUT2D eigenvalue weighted by Crippen LogP contribution is 1.93. The average molecular weight is 174 g/mol. The second-order valence-corrected chi connectivity index (χ2v) is 2.32. The standard InChI is InChI=1S/C6H14N4O2/c7-6(8)9-3-1-2-5(4-11)10-12/h4-5,10,12H,1-3H2,(H4,7,8,9)/t5-/m0/s1. The molecule has 1 atom stereocenters. The Morgan fingerprint density at radius 1 is 1.67 bits per heavy atom. The molecule has 6 nitrogen and oxygen atoms in total. The number of nitrogens with one attached hydrogen (secondary N) is 1. The molecule has 0 saturated carbocycles. The summed E-state index contributed by atoms with van der Waals surface area (Å²) >= 11 is 0. The topological polar surface area (TPSA) is 114 Å². The number of nitrogens with zero attached hydrogens (tertiary/aromatic N) is 1. The average Bonchev–Trinajstić information content (AvgIpc) is 2.04. The number of rotatable bonds is 6. The molecule has 0 heterocycles. The third-order valence-electron chi connectivity index (χ3n) is 1.30. The van der Waals surface area contributed by atoms with Crippen molar-refractivity contribution in [3.63, 3.8) is 0 Å². The van der Waals surface area contributed by atoms with Gasteiger partial charge in [-0.2, -0.15) is 5.48 Å². The molecule has 0 aromatic carbocycles. The molecule has 0 aliphatic carbocycles. The minimum absolute atomic E-state index is 0.0367. The van der Waals surface area contributed by atoms with Gasteiger partial charge in [-0.25, -0.2) is 0 Å². The van der Waals surface area contributed by atoms with Crippen LogP contribution in [0.5, 0.6) is 0 Å². The predicted molar refractivity (Wildman–Crippen MR) is 44.7 cm³/mol. The molecule has 0 bridgehead atoms. The summed E-state index contributed by atoms with van der Waals surface area (Å²) < 4.78 is 0. The zero-order valence-electron chi connectivity index (χ0n) is 6.73. The van der Waals surface area contributed by atoms with Crippen LogP contribution in [0.15, 0.2) is 4.99 Å². The van der Waals surface area contributed by atoms with Gasteiger partial charge >= 0.3 is 0 Å². The fourth-order valence-electron chi connectivity index (χ4n) is 0.682. The number of nitrogens with two attached hydrogens (primary N) is 2. The first-order chi connectivity index (χ1) is 5.70. The molecule has 6 N–H and O–H groups in total. The molecule has 0 unspecified atom stereocenters. The van der Waals surface area contributed by atoms with E-state index >= 15 is 0 Å². The molecule has 0 radical (unpaired) electrons. The number of aliphatic imine (C=N–C) groups is 1. The number of hydrogen-bond donors (Lipinski definition) is 4. The van der Waals surface area contributed by atoms with Gasteiger partial charge < -0.3 is 21.5 Å². The number of aldehydes is 1. The van der Waals surface area contributed by atoms with Gasteiger partial charge in [-0.05, 0) is 12.8 Å². The maximum atomic E-state index is 10.2. The maximum Gasteiger partial charge on any atom is 0.185 e. The Hall–Kier alpha value is -1.14. The third-order valence-corrected chi connectivity index (χ3v) is 1.30. The minimum Gasteiger partial charge on any atom is -0.370 e. The van der Waals surface area contributed by atoms with Gasteiger partial charge in [0.2, 0.25) is 0 Å². The van der Waals surface area contributed by atoms with Crippen LogP contribution in [0, 0.1) is 0 Å². The largest absolute Gasteiger partial charge is 0.370 e. The van der Waals surface area contributed by atoms with Crippen molar-refractivity contribution in [2.24, 2.45) is 16.5 Å². The van der Waals surface area contributed by atoms with Gasteiger partial charge in [0, 0.05) is 6.54 Å². The highest BCUT2D eigenvalue weighted by molar-refractivity contribution is 5.75. The molecule has 0 saturated heterocycles. The molecule has 0 rings (SSSR count). The van der Waals surface area contributed by atoms with Crippen molar-refractivity contribution < 1.29 is 10.0 Å². The highest BCUT2D eigenvalue weighted by atomic mass is 16.5. The van der Waals surface area contributed by atoms with E-state index in [2.05, 4.69) is 4.99 Å². The van der Waals surface area contributed by atoms with Gasteiger partial charge in [0.05, 0.1) is 6.04 Å². The Morgan fingerprint density at radius 2 is 2.33 bits per heavy atom. The van der Waals surface area contributed by atoms with Crippen molar-refractivity contribution in [3.8, 4) is 0 Å². The second-order valence-electron chi connectivity index (χ2n) is 2.32. The lowest BCUT2D eigenvalue weighted by Crippen LogP contribution is -2.27. The molecule has 0 aliphatic rings. The smallest absolute Gasteiger partial charge is 0.185 e. The van der Waals surface area contributed by atoms with Crippen LogP contribution >= 0.6 is 0 Å². The number of carbonyl (C=O) groups is 1. The summed E-state index contributed by atoms with van der Waals surface area (Å²) in [6, 6.07) is -0.529. The summed E-state index contributed by atoms with van der Waals surface area (Å²) in [5, 5.41) is 8.37. The molecule has 70 valence electrons. The Labute approximate surface area is 70.6 Å². The molecule has 0 aromatic heterocycles. The Bertz CT molecular complexity index is 156. The van der Waals surface area contributed by atoms with E-state index in [-0.39, 0.29) is 5.96 Å². The first-order valence-electron chi connectivity index (χ1n) is 3.61. The summed E-state index contributed by atoms with van der Waals surface area (Å²) in [5.74, 6) is 0.0367. The van der Waals surface area contributed by atoms with Crippen LogP contribution in [0.3, 0.4) is 0 Å². The Balaban J connectivity index is 3.41. The highest BCUT2D eigenvalue weighted by Gasteiger charge is 2.02. The van der Waals surface area contributed by atoms with Gasteiger partial charge in [-0.3, -0.25) is 4.99 Å². The molecule has 0 aromatic rings. The van der Waals surface area contributed by atoms with Crippen LogP contribution in [0.25, 0.3) is 0 Å². The van der Waals surface area contributed by atoms with Crippen LogP contribution in [-0.2, 0) is 4.79 Å².